The summed E-state index contributed by atoms with van der Waals surface area (Å²) in [6.45, 7) is -0.185. The molecule has 0 saturated carbocycles. The van der Waals surface area contributed by atoms with Gasteiger partial charge in [-0.3, -0.25) is 0 Å². The van der Waals surface area contributed by atoms with Crippen molar-refractivity contribution in [3.05, 3.63) is 0 Å². The van der Waals surface area contributed by atoms with Crippen molar-refractivity contribution in [3.8, 4) is 0 Å². The van der Waals surface area contributed by atoms with Crippen LogP contribution in [-0.2, 0) is 13.8 Å². The van der Waals surface area contributed by atoms with Crippen LogP contribution in [-0.4, -0.2) is 37.8 Å². The van der Waals surface area contributed by atoms with Gasteiger partial charge in [-0.2, -0.15) is 0 Å². The molecule has 1 N–H and O–H groups in total. The van der Waals surface area contributed by atoms with Gasteiger partial charge in [-0.15, -0.1) is 4.52 Å². The number of aliphatic hydroxyl groups is 1. The number of ether oxygens (including phenoxy) is 1. The van der Waals surface area contributed by atoms with E-state index >= 15 is 0 Å². The van der Waals surface area contributed by atoms with Crippen LogP contribution in [0.4, 0.5) is 0 Å². The Labute approximate surface area is 78.1 Å². The van der Waals surface area contributed by atoms with Crippen LogP contribution < -0.4 is 0 Å². The van der Waals surface area contributed by atoms with E-state index in [-0.39, 0.29) is 6.61 Å². The molecule has 1 aliphatic rings. The van der Waals surface area contributed by atoms with Gasteiger partial charge in [-0.1, -0.05) is 0 Å². The molecule has 66 valence electrons. The topological polar surface area (TPSA) is 55.8 Å². The Balaban J connectivity index is 2.46. The maximum absolute atomic E-state index is 10.6. The number of hydrogen-bond acceptors (Lipinski definition) is 4. The third-order valence-electron chi connectivity index (χ3n) is 1.63. The summed E-state index contributed by atoms with van der Waals surface area (Å²) in [5, 5.41) is 8.79. The van der Waals surface area contributed by atoms with Crippen LogP contribution in [0.25, 0.3) is 0 Å². The number of hydrogen-bond donors (Lipinski definition) is 2. The normalized spacial score (nSPS) is 36.8. The fourth-order valence-corrected chi connectivity index (χ4v) is 1.95. The predicted molar refractivity (Wildman–Crippen MR) is 47.6 cm³/mol. The Morgan fingerprint density at radius 1 is 1.83 bits per heavy atom. The number of thiol groups is 1. The Bertz CT molecular complexity index is 181. The molecule has 4 unspecified atom stereocenters. The molecule has 0 bridgehead atoms. The summed E-state index contributed by atoms with van der Waals surface area (Å²) in [5.74, 6) is 0. The first-order valence-electron chi connectivity index (χ1n) is 3.48. The van der Waals surface area contributed by atoms with Gasteiger partial charge >= 0.3 is 7.23 Å². The standard InChI is InChI=1S/C5H8BO4PS/c6-5-1-3(10-11(8)12)4(2-7)9-5/h3-5,7H,1-2H2/p+1. The van der Waals surface area contributed by atoms with E-state index in [1.54, 1.807) is 0 Å². The van der Waals surface area contributed by atoms with E-state index in [9.17, 15) is 4.57 Å². The van der Waals surface area contributed by atoms with Crippen LogP contribution in [0.1, 0.15) is 6.42 Å². The van der Waals surface area contributed by atoms with Crippen molar-refractivity contribution < 1.29 is 18.9 Å². The SMILES string of the molecule is [B]C1CC(O[P+](=O)S)C(CO)O1. The van der Waals surface area contributed by atoms with Crippen LogP contribution in [0, 0.1) is 0 Å². The summed E-state index contributed by atoms with van der Waals surface area (Å²) in [7, 11) is 3.47. The molecular weight excluding hydrogens is 198 g/mol. The molecule has 0 aliphatic carbocycles. The first-order chi connectivity index (χ1) is 5.63. The lowest BCUT2D eigenvalue weighted by Gasteiger charge is -2.09. The minimum absolute atomic E-state index is 0.185. The van der Waals surface area contributed by atoms with Gasteiger partial charge in [0, 0.05) is 6.00 Å². The molecule has 0 amide bonds. The highest BCUT2D eigenvalue weighted by Crippen LogP contribution is 2.34. The van der Waals surface area contributed by atoms with Gasteiger partial charge in [0.15, 0.2) is 0 Å². The molecule has 1 saturated heterocycles. The maximum atomic E-state index is 10.6. The minimum Gasteiger partial charge on any atom is -0.394 e. The van der Waals surface area contributed by atoms with Gasteiger partial charge in [0.2, 0.25) is 0 Å². The zero-order chi connectivity index (χ0) is 9.14. The summed E-state index contributed by atoms with van der Waals surface area (Å²) >= 11 is 3.59. The second-order valence-electron chi connectivity index (χ2n) is 2.51. The van der Waals surface area contributed by atoms with Gasteiger partial charge in [0.1, 0.15) is 32.3 Å². The zero-order valence-corrected chi connectivity index (χ0v) is 8.08. The lowest BCUT2D eigenvalue weighted by molar-refractivity contribution is 0.00647. The Hall–Kier alpha value is 0.395. The molecule has 1 fully saturated rings. The molecule has 4 atom stereocenters. The highest BCUT2D eigenvalue weighted by atomic mass is 32.7. The summed E-state index contributed by atoms with van der Waals surface area (Å²) < 4.78 is 20.5. The highest BCUT2D eigenvalue weighted by molar-refractivity contribution is 8.39. The van der Waals surface area contributed by atoms with Crippen molar-refractivity contribution >= 4 is 27.3 Å². The molecule has 0 aromatic carbocycles. The zero-order valence-electron chi connectivity index (χ0n) is 6.29. The Morgan fingerprint density at radius 2 is 2.50 bits per heavy atom. The first kappa shape index (κ1) is 10.5. The average molecular weight is 207 g/mol. The van der Waals surface area contributed by atoms with Crippen molar-refractivity contribution in [1.29, 1.82) is 0 Å². The summed E-state index contributed by atoms with van der Waals surface area (Å²) in [6.07, 6.45) is -0.454. The van der Waals surface area contributed by atoms with Crippen LogP contribution in [0.2, 0.25) is 0 Å². The average Bonchev–Trinajstić information content (AvgIpc) is 2.29. The minimum atomic E-state index is -1.97. The lowest BCUT2D eigenvalue weighted by atomic mass is 9.96. The molecule has 1 heterocycles. The molecule has 1 aliphatic heterocycles. The first-order valence-corrected chi connectivity index (χ1v) is 5.81. The van der Waals surface area contributed by atoms with E-state index in [1.165, 1.54) is 0 Å². The van der Waals surface area contributed by atoms with Crippen LogP contribution >= 0.6 is 19.5 Å². The second-order valence-corrected chi connectivity index (χ2v) is 4.18. The van der Waals surface area contributed by atoms with Crippen molar-refractivity contribution in [1.82, 2.24) is 0 Å². The molecule has 4 nitrogen and oxygen atoms in total. The van der Waals surface area contributed by atoms with Crippen molar-refractivity contribution in [3.63, 3.8) is 0 Å². The molecule has 0 aromatic rings. The van der Waals surface area contributed by atoms with Gasteiger partial charge in [0.05, 0.1) is 6.61 Å². The van der Waals surface area contributed by atoms with E-state index in [4.69, 9.17) is 22.2 Å². The van der Waals surface area contributed by atoms with Gasteiger partial charge in [-0.05, 0) is 11.0 Å². The van der Waals surface area contributed by atoms with E-state index in [1.807, 2.05) is 0 Å². The summed E-state index contributed by atoms with van der Waals surface area (Å²) in [6, 6.07) is -0.449. The Kier molecular flexibility index (Phi) is 4.00. The van der Waals surface area contributed by atoms with E-state index < -0.39 is 25.4 Å². The van der Waals surface area contributed by atoms with Gasteiger partial charge in [-0.25, -0.2) is 0 Å². The van der Waals surface area contributed by atoms with Crippen LogP contribution in [0.5, 0.6) is 0 Å². The maximum Gasteiger partial charge on any atom is 0.582 e. The number of aliphatic hydroxyl groups excluding tert-OH is 1. The van der Waals surface area contributed by atoms with E-state index in [0.29, 0.717) is 6.42 Å². The third-order valence-corrected chi connectivity index (χ3v) is 2.37. The van der Waals surface area contributed by atoms with Crippen LogP contribution in [0.15, 0.2) is 0 Å². The van der Waals surface area contributed by atoms with E-state index in [2.05, 4.69) is 12.2 Å². The molecule has 7 heteroatoms. The quantitative estimate of drug-likeness (QED) is 0.395. The Morgan fingerprint density at radius 3 is 3.00 bits per heavy atom. The smallest absolute Gasteiger partial charge is 0.394 e. The van der Waals surface area contributed by atoms with Crippen molar-refractivity contribution in [2.24, 2.45) is 0 Å². The van der Waals surface area contributed by atoms with Crippen molar-refractivity contribution in [2.45, 2.75) is 24.6 Å². The molecule has 0 aromatic heterocycles. The molecule has 2 radical (unpaired) electrons. The molecular formula is C5H9BO4PS+. The summed E-state index contributed by atoms with van der Waals surface area (Å²) in [5.41, 5.74) is 0. The van der Waals surface area contributed by atoms with Crippen molar-refractivity contribution in [2.75, 3.05) is 6.61 Å². The molecule has 0 spiro atoms. The second kappa shape index (κ2) is 4.58. The lowest BCUT2D eigenvalue weighted by Crippen LogP contribution is -2.25. The van der Waals surface area contributed by atoms with Gasteiger partial charge in [0.25, 0.3) is 0 Å². The largest absolute Gasteiger partial charge is 0.582 e. The predicted octanol–water partition coefficient (Wildman–Crippen LogP) is 0.235. The highest BCUT2D eigenvalue weighted by Gasteiger charge is 2.38. The summed E-state index contributed by atoms with van der Waals surface area (Å²) in [4.78, 5) is 0. The van der Waals surface area contributed by atoms with E-state index in [0.717, 1.165) is 0 Å². The monoisotopic (exact) mass is 207 g/mol. The van der Waals surface area contributed by atoms with Crippen LogP contribution in [0.3, 0.4) is 0 Å². The number of rotatable bonds is 3. The fourth-order valence-electron chi connectivity index (χ4n) is 1.14. The molecule has 1 rings (SSSR count). The fraction of sp³-hybridized carbons (Fsp3) is 1.00. The van der Waals surface area contributed by atoms with Gasteiger partial charge < -0.3 is 9.84 Å². The third kappa shape index (κ3) is 2.71. The molecule has 12 heavy (non-hydrogen) atoms.